The Bertz CT molecular complexity index is 401. The highest BCUT2D eigenvalue weighted by Crippen LogP contribution is 2.14. The van der Waals surface area contributed by atoms with Crippen molar-refractivity contribution < 1.29 is 9.53 Å². The standard InChI is InChI=1S/C14H23N3O2/c1-14(2,3)19-13(18)17(5)10-12(15-4)11-6-8-16-9-7-11/h6-9,12,15H,10H2,1-5H3. The van der Waals surface area contributed by atoms with E-state index in [2.05, 4.69) is 10.3 Å². The summed E-state index contributed by atoms with van der Waals surface area (Å²) in [6.07, 6.45) is 3.17. The molecule has 0 saturated carbocycles. The van der Waals surface area contributed by atoms with Gasteiger partial charge in [-0.05, 0) is 45.5 Å². The van der Waals surface area contributed by atoms with Gasteiger partial charge in [0.2, 0.25) is 0 Å². The lowest BCUT2D eigenvalue weighted by Crippen LogP contribution is -2.38. The summed E-state index contributed by atoms with van der Waals surface area (Å²) in [5.41, 5.74) is 0.616. The Balaban J connectivity index is 2.64. The van der Waals surface area contributed by atoms with Crippen LogP contribution in [0.2, 0.25) is 0 Å². The van der Waals surface area contributed by atoms with Crippen molar-refractivity contribution in [3.8, 4) is 0 Å². The number of likely N-dealkylation sites (N-methyl/N-ethyl adjacent to an activating group) is 2. The Morgan fingerprint density at radius 2 is 2.00 bits per heavy atom. The zero-order valence-corrected chi connectivity index (χ0v) is 12.3. The molecule has 1 atom stereocenters. The van der Waals surface area contributed by atoms with Gasteiger partial charge in [0.25, 0.3) is 0 Å². The first-order valence-electron chi connectivity index (χ1n) is 6.35. The molecule has 0 radical (unpaired) electrons. The van der Waals surface area contributed by atoms with Gasteiger partial charge < -0.3 is 15.0 Å². The van der Waals surface area contributed by atoms with Crippen LogP contribution in [-0.2, 0) is 4.74 Å². The summed E-state index contributed by atoms with van der Waals surface area (Å²) in [5, 5.41) is 3.19. The van der Waals surface area contributed by atoms with E-state index in [1.54, 1.807) is 24.3 Å². The third kappa shape index (κ3) is 5.26. The lowest BCUT2D eigenvalue weighted by molar-refractivity contribution is 0.0284. The van der Waals surface area contributed by atoms with Gasteiger partial charge >= 0.3 is 6.09 Å². The SMILES string of the molecule is CNC(CN(C)C(=O)OC(C)(C)C)c1ccncc1. The highest BCUT2D eigenvalue weighted by atomic mass is 16.6. The first-order valence-corrected chi connectivity index (χ1v) is 6.35. The van der Waals surface area contributed by atoms with E-state index in [1.165, 1.54) is 0 Å². The van der Waals surface area contributed by atoms with Crippen LogP contribution in [0.4, 0.5) is 4.79 Å². The van der Waals surface area contributed by atoms with Gasteiger partial charge in [0.1, 0.15) is 5.60 Å². The van der Waals surface area contributed by atoms with Crippen molar-refractivity contribution in [2.45, 2.75) is 32.4 Å². The largest absolute Gasteiger partial charge is 0.444 e. The van der Waals surface area contributed by atoms with E-state index in [9.17, 15) is 4.79 Å². The molecule has 5 nitrogen and oxygen atoms in total. The van der Waals surface area contributed by atoms with Crippen molar-refractivity contribution in [3.63, 3.8) is 0 Å². The van der Waals surface area contributed by atoms with Crippen LogP contribution in [0, 0.1) is 0 Å². The Labute approximate surface area is 115 Å². The normalized spacial score (nSPS) is 12.9. The van der Waals surface area contributed by atoms with Gasteiger partial charge in [0, 0.05) is 32.0 Å². The average molecular weight is 265 g/mol. The molecule has 1 amide bonds. The molecule has 1 rings (SSSR count). The van der Waals surface area contributed by atoms with Gasteiger partial charge in [0.15, 0.2) is 0 Å². The molecule has 0 aliphatic carbocycles. The topological polar surface area (TPSA) is 54.5 Å². The van der Waals surface area contributed by atoms with Crippen LogP contribution in [0.5, 0.6) is 0 Å². The van der Waals surface area contributed by atoms with Crippen LogP contribution >= 0.6 is 0 Å². The van der Waals surface area contributed by atoms with Crippen molar-refractivity contribution in [1.82, 2.24) is 15.2 Å². The number of nitrogens with zero attached hydrogens (tertiary/aromatic N) is 2. The van der Waals surface area contributed by atoms with E-state index < -0.39 is 5.60 Å². The molecular formula is C14H23N3O2. The Morgan fingerprint density at radius 1 is 1.42 bits per heavy atom. The Kier molecular flexibility index (Phi) is 5.30. The summed E-state index contributed by atoms with van der Waals surface area (Å²) in [4.78, 5) is 17.5. The van der Waals surface area contributed by atoms with E-state index in [-0.39, 0.29) is 12.1 Å². The monoisotopic (exact) mass is 265 g/mol. The summed E-state index contributed by atoms with van der Waals surface area (Å²) >= 11 is 0. The van der Waals surface area contributed by atoms with E-state index >= 15 is 0 Å². The smallest absolute Gasteiger partial charge is 0.410 e. The van der Waals surface area contributed by atoms with Gasteiger partial charge in [0.05, 0.1) is 0 Å². The predicted molar refractivity (Wildman–Crippen MR) is 74.9 cm³/mol. The summed E-state index contributed by atoms with van der Waals surface area (Å²) in [5.74, 6) is 0. The van der Waals surface area contributed by atoms with Crippen LogP contribution in [0.15, 0.2) is 24.5 Å². The Morgan fingerprint density at radius 3 is 2.47 bits per heavy atom. The van der Waals surface area contributed by atoms with Gasteiger partial charge in [-0.1, -0.05) is 0 Å². The van der Waals surface area contributed by atoms with Crippen LogP contribution in [-0.4, -0.2) is 42.2 Å². The van der Waals surface area contributed by atoms with E-state index in [0.717, 1.165) is 5.56 Å². The zero-order valence-electron chi connectivity index (χ0n) is 12.3. The molecule has 1 aromatic rings. The molecule has 1 aromatic heterocycles. The van der Waals surface area contributed by atoms with E-state index in [0.29, 0.717) is 6.54 Å². The van der Waals surface area contributed by atoms with Gasteiger partial charge in [-0.15, -0.1) is 0 Å². The predicted octanol–water partition coefficient (Wildman–Crippen LogP) is 2.21. The molecule has 0 fully saturated rings. The van der Waals surface area contributed by atoms with Crippen LogP contribution in [0.3, 0.4) is 0 Å². The lowest BCUT2D eigenvalue weighted by Gasteiger charge is -2.27. The number of rotatable bonds is 4. The third-order valence-electron chi connectivity index (χ3n) is 2.62. The number of carbonyl (C=O) groups is 1. The molecule has 0 bridgehead atoms. The van der Waals surface area contributed by atoms with Crippen molar-refractivity contribution in [1.29, 1.82) is 0 Å². The highest BCUT2D eigenvalue weighted by molar-refractivity contribution is 5.67. The summed E-state index contributed by atoms with van der Waals surface area (Å²) in [7, 11) is 3.60. The molecule has 0 aliphatic heterocycles. The molecular weight excluding hydrogens is 242 g/mol. The second-order valence-corrected chi connectivity index (χ2v) is 5.48. The quantitative estimate of drug-likeness (QED) is 0.907. The van der Waals surface area contributed by atoms with Crippen LogP contribution in [0.1, 0.15) is 32.4 Å². The minimum Gasteiger partial charge on any atom is -0.444 e. The zero-order chi connectivity index (χ0) is 14.5. The number of nitrogens with one attached hydrogen (secondary N) is 1. The molecule has 1 N–H and O–H groups in total. The number of hydrogen-bond donors (Lipinski definition) is 1. The Hall–Kier alpha value is -1.62. The average Bonchev–Trinajstić information content (AvgIpc) is 2.34. The third-order valence-corrected chi connectivity index (χ3v) is 2.62. The van der Waals surface area contributed by atoms with Gasteiger partial charge in [-0.25, -0.2) is 4.79 Å². The van der Waals surface area contributed by atoms with Crippen molar-refractivity contribution in [3.05, 3.63) is 30.1 Å². The molecule has 0 spiro atoms. The molecule has 1 unspecified atom stereocenters. The van der Waals surface area contributed by atoms with Gasteiger partial charge in [-0.2, -0.15) is 0 Å². The number of amides is 1. The minimum absolute atomic E-state index is 0.0560. The number of hydrogen-bond acceptors (Lipinski definition) is 4. The van der Waals surface area contributed by atoms with Crippen molar-refractivity contribution in [2.24, 2.45) is 0 Å². The van der Waals surface area contributed by atoms with Crippen LogP contribution in [0.25, 0.3) is 0 Å². The fourth-order valence-electron chi connectivity index (χ4n) is 1.65. The summed E-state index contributed by atoms with van der Waals surface area (Å²) in [6.45, 7) is 6.11. The molecule has 0 saturated heterocycles. The van der Waals surface area contributed by atoms with Gasteiger partial charge in [-0.3, -0.25) is 4.98 Å². The number of aromatic nitrogens is 1. The van der Waals surface area contributed by atoms with Crippen molar-refractivity contribution in [2.75, 3.05) is 20.6 Å². The fourth-order valence-corrected chi connectivity index (χ4v) is 1.65. The first-order chi connectivity index (χ1) is 8.83. The second-order valence-electron chi connectivity index (χ2n) is 5.48. The molecule has 0 aliphatic rings. The molecule has 0 aromatic carbocycles. The summed E-state index contributed by atoms with van der Waals surface area (Å²) < 4.78 is 5.33. The number of pyridine rings is 1. The molecule has 19 heavy (non-hydrogen) atoms. The maximum atomic E-state index is 11.9. The first kappa shape index (κ1) is 15.4. The highest BCUT2D eigenvalue weighted by Gasteiger charge is 2.22. The van der Waals surface area contributed by atoms with Crippen molar-refractivity contribution >= 4 is 6.09 Å². The maximum absolute atomic E-state index is 11.9. The second kappa shape index (κ2) is 6.52. The number of ether oxygens (including phenoxy) is 1. The molecule has 106 valence electrons. The fraction of sp³-hybridized carbons (Fsp3) is 0.571. The minimum atomic E-state index is -0.475. The lowest BCUT2D eigenvalue weighted by atomic mass is 10.1. The summed E-state index contributed by atoms with van der Waals surface area (Å²) in [6, 6.07) is 3.93. The van der Waals surface area contributed by atoms with E-state index in [4.69, 9.17) is 4.74 Å². The number of carbonyl (C=O) groups excluding carboxylic acids is 1. The van der Waals surface area contributed by atoms with Crippen LogP contribution < -0.4 is 5.32 Å². The maximum Gasteiger partial charge on any atom is 0.410 e. The molecule has 1 heterocycles. The van der Waals surface area contributed by atoms with E-state index in [1.807, 2.05) is 40.0 Å². The molecule has 5 heteroatoms.